The van der Waals surface area contributed by atoms with Crippen molar-refractivity contribution in [1.29, 1.82) is 0 Å². The van der Waals surface area contributed by atoms with Crippen LogP contribution in [0.5, 0.6) is 0 Å². The first-order valence-electron chi connectivity index (χ1n) is 9.22. The smallest absolute Gasteiger partial charge is 0.337 e. The van der Waals surface area contributed by atoms with E-state index in [2.05, 4.69) is 10.2 Å². The van der Waals surface area contributed by atoms with Crippen LogP contribution in [-0.2, 0) is 9.47 Å². The quantitative estimate of drug-likeness (QED) is 0.299. The number of carbonyl (C=O) groups excluding carboxylic acids is 3. The van der Waals surface area contributed by atoms with Crippen molar-refractivity contribution in [2.75, 3.05) is 20.0 Å². The minimum absolute atomic E-state index is 0.0467. The summed E-state index contributed by atoms with van der Waals surface area (Å²) in [6.45, 7) is 5.54. The number of aryl methyl sites for hydroxylation is 2. The Bertz CT molecular complexity index is 1130. The predicted octanol–water partition coefficient (Wildman–Crippen LogP) is 3.80. The molecule has 0 atom stereocenters. The number of rotatable bonds is 7. The van der Waals surface area contributed by atoms with Crippen LogP contribution in [0.2, 0.25) is 0 Å². The topological polar surface area (TPSA) is 100 Å². The lowest BCUT2D eigenvalue weighted by atomic mass is 10.1. The van der Waals surface area contributed by atoms with Gasteiger partial charge in [-0.1, -0.05) is 23.1 Å². The van der Waals surface area contributed by atoms with Crippen molar-refractivity contribution in [3.63, 3.8) is 0 Å². The van der Waals surface area contributed by atoms with E-state index in [4.69, 9.17) is 9.47 Å². The summed E-state index contributed by atoms with van der Waals surface area (Å²) in [5.74, 6) is -0.965. The van der Waals surface area contributed by atoms with E-state index in [0.717, 1.165) is 15.0 Å². The summed E-state index contributed by atoms with van der Waals surface area (Å²) < 4.78 is 12.2. The Morgan fingerprint density at radius 1 is 0.968 bits per heavy atom. The van der Waals surface area contributed by atoms with Crippen molar-refractivity contribution < 1.29 is 23.9 Å². The first kappa shape index (κ1) is 22.7. The van der Waals surface area contributed by atoms with Crippen molar-refractivity contribution in [2.45, 2.75) is 25.1 Å². The van der Waals surface area contributed by atoms with Crippen LogP contribution in [0.15, 0.2) is 28.6 Å². The zero-order valence-electron chi connectivity index (χ0n) is 17.7. The molecule has 0 aliphatic heterocycles. The van der Waals surface area contributed by atoms with Gasteiger partial charge in [0.1, 0.15) is 5.01 Å². The van der Waals surface area contributed by atoms with E-state index in [-0.39, 0.29) is 22.7 Å². The largest absolute Gasteiger partial charge is 0.465 e. The zero-order chi connectivity index (χ0) is 22.7. The van der Waals surface area contributed by atoms with Crippen LogP contribution in [0.4, 0.5) is 0 Å². The molecule has 8 nitrogen and oxygen atoms in total. The third-order valence-electron chi connectivity index (χ3n) is 4.58. The third kappa shape index (κ3) is 4.86. The van der Waals surface area contributed by atoms with Gasteiger partial charge in [0.05, 0.1) is 31.1 Å². The summed E-state index contributed by atoms with van der Waals surface area (Å²) in [5.41, 5.74) is 3.04. The number of methoxy groups -OCH3 is 2. The maximum absolute atomic E-state index is 12.9. The number of Topliss-reactive ketones (excluding diaryl/α,β-unsaturated/α-hetero) is 1. The monoisotopic (exact) mass is 459 g/mol. The zero-order valence-corrected chi connectivity index (χ0v) is 19.3. The highest BCUT2D eigenvalue weighted by atomic mass is 32.2. The van der Waals surface area contributed by atoms with E-state index < -0.39 is 11.9 Å². The first-order chi connectivity index (χ1) is 14.7. The molecule has 0 saturated carbocycles. The lowest BCUT2D eigenvalue weighted by molar-refractivity contribution is 0.0599. The second kappa shape index (κ2) is 9.44. The van der Waals surface area contributed by atoms with Gasteiger partial charge >= 0.3 is 11.9 Å². The van der Waals surface area contributed by atoms with E-state index in [1.54, 1.807) is 18.2 Å². The maximum atomic E-state index is 12.9. The van der Waals surface area contributed by atoms with Crippen molar-refractivity contribution in [3.05, 3.63) is 57.4 Å². The fraction of sp³-hybridized carbons (Fsp3) is 0.286. The molecule has 31 heavy (non-hydrogen) atoms. The minimum Gasteiger partial charge on any atom is -0.465 e. The minimum atomic E-state index is -0.575. The number of ketones is 1. The molecule has 0 N–H and O–H groups in total. The fourth-order valence-corrected chi connectivity index (χ4v) is 4.89. The van der Waals surface area contributed by atoms with Gasteiger partial charge in [0.25, 0.3) is 0 Å². The molecule has 0 bridgehead atoms. The Morgan fingerprint density at radius 2 is 1.58 bits per heavy atom. The van der Waals surface area contributed by atoms with E-state index >= 15 is 0 Å². The third-order valence-corrected chi connectivity index (χ3v) is 6.56. The lowest BCUT2D eigenvalue weighted by Crippen LogP contribution is -2.10. The predicted molar refractivity (Wildman–Crippen MR) is 118 cm³/mol. The molecule has 0 aliphatic rings. The van der Waals surface area contributed by atoms with E-state index in [1.165, 1.54) is 43.4 Å². The second-order valence-corrected chi connectivity index (χ2v) is 9.07. The summed E-state index contributed by atoms with van der Waals surface area (Å²) in [6.07, 6.45) is 0. The van der Waals surface area contributed by atoms with Crippen molar-refractivity contribution in [1.82, 2.24) is 14.8 Å². The SMILES string of the molecule is COC(=O)c1cc(C(=O)OC)cc(-n2c(C)cc(C(=O)CSc3nnc(C)s3)c2C)c1. The van der Waals surface area contributed by atoms with Gasteiger partial charge < -0.3 is 14.0 Å². The summed E-state index contributed by atoms with van der Waals surface area (Å²) >= 11 is 2.79. The standard InChI is InChI=1S/C21H21N3O5S2/c1-11-6-17(18(25)10-30-21-23-22-13(3)31-21)12(2)24(11)16-8-14(19(26)28-4)7-15(9-16)20(27)29-5/h6-9H,10H2,1-5H3. The number of esters is 2. The van der Waals surface area contributed by atoms with Crippen LogP contribution in [0.3, 0.4) is 0 Å². The number of ether oxygens (including phenoxy) is 2. The summed E-state index contributed by atoms with van der Waals surface area (Å²) in [5, 5.41) is 8.83. The highest BCUT2D eigenvalue weighted by Crippen LogP contribution is 2.27. The Morgan fingerprint density at radius 3 is 2.10 bits per heavy atom. The average molecular weight is 460 g/mol. The van der Waals surface area contributed by atoms with Crippen molar-refractivity contribution >= 4 is 40.8 Å². The van der Waals surface area contributed by atoms with Crippen LogP contribution >= 0.6 is 23.1 Å². The molecule has 0 unspecified atom stereocenters. The van der Waals surface area contributed by atoms with Crippen LogP contribution in [-0.4, -0.2) is 52.5 Å². The highest BCUT2D eigenvalue weighted by molar-refractivity contribution is 8.01. The first-order valence-corrected chi connectivity index (χ1v) is 11.0. The number of hydrogen-bond acceptors (Lipinski definition) is 9. The number of nitrogens with zero attached hydrogens (tertiary/aromatic N) is 3. The Labute approximate surface area is 187 Å². The molecule has 0 spiro atoms. The van der Waals surface area contributed by atoms with Crippen LogP contribution in [0.1, 0.15) is 47.5 Å². The molecule has 2 heterocycles. The molecule has 0 saturated heterocycles. The van der Waals surface area contributed by atoms with Gasteiger partial charge in [-0.15, -0.1) is 10.2 Å². The van der Waals surface area contributed by atoms with Gasteiger partial charge in [-0.2, -0.15) is 0 Å². The number of carbonyl (C=O) groups is 3. The van der Waals surface area contributed by atoms with Gasteiger partial charge in [0, 0.05) is 22.6 Å². The molecule has 3 rings (SSSR count). The van der Waals surface area contributed by atoms with E-state index in [0.29, 0.717) is 16.9 Å². The van der Waals surface area contributed by atoms with Crippen LogP contribution in [0, 0.1) is 20.8 Å². The number of aromatic nitrogens is 3. The van der Waals surface area contributed by atoms with E-state index in [9.17, 15) is 14.4 Å². The molecule has 1 aromatic carbocycles. The molecule has 10 heteroatoms. The maximum Gasteiger partial charge on any atom is 0.337 e. The van der Waals surface area contributed by atoms with Crippen LogP contribution < -0.4 is 0 Å². The molecule has 0 aliphatic carbocycles. The average Bonchev–Trinajstić information content (AvgIpc) is 3.32. The van der Waals surface area contributed by atoms with Crippen molar-refractivity contribution in [3.8, 4) is 5.69 Å². The molecule has 2 aromatic heterocycles. The fourth-order valence-electron chi connectivity index (χ4n) is 3.20. The Kier molecular flexibility index (Phi) is 6.91. The molecule has 0 fully saturated rings. The van der Waals surface area contributed by atoms with Crippen LogP contribution in [0.25, 0.3) is 5.69 Å². The number of hydrogen-bond donors (Lipinski definition) is 0. The summed E-state index contributed by atoms with van der Waals surface area (Å²) in [6, 6.07) is 6.45. The lowest BCUT2D eigenvalue weighted by Gasteiger charge is -2.13. The Hall–Kier alpha value is -2.98. The molecular weight excluding hydrogens is 438 g/mol. The number of benzene rings is 1. The normalized spacial score (nSPS) is 10.7. The molecule has 0 amide bonds. The van der Waals surface area contributed by atoms with Gasteiger partial charge in [-0.3, -0.25) is 4.79 Å². The summed E-state index contributed by atoms with van der Waals surface area (Å²) in [7, 11) is 2.54. The second-order valence-electron chi connectivity index (χ2n) is 6.67. The molecule has 3 aromatic rings. The molecular formula is C21H21N3O5S2. The van der Waals surface area contributed by atoms with Gasteiger partial charge in [-0.25, -0.2) is 9.59 Å². The summed E-state index contributed by atoms with van der Waals surface area (Å²) in [4.78, 5) is 37.1. The van der Waals surface area contributed by atoms with Crippen molar-refractivity contribution in [2.24, 2.45) is 0 Å². The van der Waals surface area contributed by atoms with Gasteiger partial charge in [0.15, 0.2) is 10.1 Å². The highest BCUT2D eigenvalue weighted by Gasteiger charge is 2.20. The molecule has 0 radical (unpaired) electrons. The van der Waals surface area contributed by atoms with Gasteiger partial charge in [-0.05, 0) is 45.0 Å². The number of thioether (sulfide) groups is 1. The van der Waals surface area contributed by atoms with E-state index in [1.807, 2.05) is 25.3 Å². The Balaban J connectivity index is 1.98. The van der Waals surface area contributed by atoms with Gasteiger partial charge in [0.2, 0.25) is 0 Å². The molecule has 162 valence electrons.